The standard InChI is InChI=1S/C14H22N2O2/c1-7-6-8(2)10(4)11(9(7)3)13(16-5)12(15)14(17)18/h6,12-13,16H,15H2,1-5H3,(H,17,18). The highest BCUT2D eigenvalue weighted by Gasteiger charge is 2.27. The molecule has 0 fully saturated rings. The molecule has 4 nitrogen and oxygen atoms in total. The number of carboxylic acids is 1. The summed E-state index contributed by atoms with van der Waals surface area (Å²) in [5.41, 5.74) is 11.3. The summed E-state index contributed by atoms with van der Waals surface area (Å²) in [7, 11) is 1.74. The van der Waals surface area contributed by atoms with E-state index in [0.29, 0.717) is 0 Å². The van der Waals surface area contributed by atoms with Gasteiger partial charge in [-0.05, 0) is 62.6 Å². The van der Waals surface area contributed by atoms with Gasteiger partial charge in [-0.2, -0.15) is 0 Å². The van der Waals surface area contributed by atoms with Crippen LogP contribution in [0.25, 0.3) is 0 Å². The number of carbonyl (C=O) groups is 1. The zero-order valence-corrected chi connectivity index (χ0v) is 11.7. The third-order valence-electron chi connectivity index (χ3n) is 3.69. The number of rotatable bonds is 4. The molecular weight excluding hydrogens is 228 g/mol. The molecule has 0 aliphatic rings. The van der Waals surface area contributed by atoms with Crippen LogP contribution in [0.1, 0.15) is 33.9 Å². The van der Waals surface area contributed by atoms with Gasteiger partial charge in [-0.1, -0.05) is 6.07 Å². The van der Waals surface area contributed by atoms with Gasteiger partial charge in [0, 0.05) is 0 Å². The Morgan fingerprint density at radius 3 is 2.00 bits per heavy atom. The van der Waals surface area contributed by atoms with Crippen molar-refractivity contribution in [3.63, 3.8) is 0 Å². The van der Waals surface area contributed by atoms with Gasteiger partial charge in [-0.3, -0.25) is 4.79 Å². The maximum Gasteiger partial charge on any atom is 0.322 e. The Morgan fingerprint density at radius 1 is 1.22 bits per heavy atom. The number of benzene rings is 1. The molecule has 18 heavy (non-hydrogen) atoms. The second kappa shape index (κ2) is 5.50. The topological polar surface area (TPSA) is 75.3 Å². The minimum absolute atomic E-state index is 0.374. The van der Waals surface area contributed by atoms with Gasteiger partial charge in [0.15, 0.2) is 0 Å². The largest absolute Gasteiger partial charge is 0.480 e. The zero-order valence-electron chi connectivity index (χ0n) is 11.7. The summed E-state index contributed by atoms with van der Waals surface area (Å²) in [5, 5.41) is 12.1. The van der Waals surface area contributed by atoms with Crippen molar-refractivity contribution in [2.75, 3.05) is 7.05 Å². The Hall–Kier alpha value is -1.39. The van der Waals surface area contributed by atoms with Crippen molar-refractivity contribution in [3.8, 4) is 0 Å². The summed E-state index contributed by atoms with van der Waals surface area (Å²) < 4.78 is 0. The number of carboxylic acid groups (broad SMARTS) is 1. The number of hydrogen-bond donors (Lipinski definition) is 3. The average molecular weight is 250 g/mol. The lowest BCUT2D eigenvalue weighted by Crippen LogP contribution is -2.43. The van der Waals surface area contributed by atoms with Crippen molar-refractivity contribution in [1.29, 1.82) is 0 Å². The first-order valence-corrected chi connectivity index (χ1v) is 6.04. The number of nitrogens with two attached hydrogens (primary N) is 1. The predicted octanol–water partition coefficient (Wildman–Crippen LogP) is 1.59. The molecule has 2 atom stereocenters. The number of aryl methyl sites for hydroxylation is 2. The Balaban J connectivity index is 3.42. The van der Waals surface area contributed by atoms with Gasteiger partial charge >= 0.3 is 5.97 Å². The smallest absolute Gasteiger partial charge is 0.322 e. The van der Waals surface area contributed by atoms with E-state index in [1.54, 1.807) is 7.05 Å². The summed E-state index contributed by atoms with van der Waals surface area (Å²) in [6.45, 7) is 8.08. The predicted molar refractivity (Wildman–Crippen MR) is 72.8 cm³/mol. The Kier molecular flexibility index (Phi) is 4.48. The average Bonchev–Trinajstić information content (AvgIpc) is 2.31. The van der Waals surface area contributed by atoms with Crippen LogP contribution in [0.3, 0.4) is 0 Å². The van der Waals surface area contributed by atoms with Crippen LogP contribution in [0.5, 0.6) is 0 Å². The fourth-order valence-corrected chi connectivity index (χ4v) is 2.36. The summed E-state index contributed by atoms with van der Waals surface area (Å²) >= 11 is 0. The van der Waals surface area contributed by atoms with Gasteiger partial charge in [0.1, 0.15) is 6.04 Å². The summed E-state index contributed by atoms with van der Waals surface area (Å²) in [4.78, 5) is 11.1. The van der Waals surface area contributed by atoms with E-state index in [1.165, 1.54) is 0 Å². The van der Waals surface area contributed by atoms with E-state index in [-0.39, 0.29) is 6.04 Å². The van der Waals surface area contributed by atoms with Crippen molar-refractivity contribution < 1.29 is 9.90 Å². The van der Waals surface area contributed by atoms with Gasteiger partial charge in [0.25, 0.3) is 0 Å². The lowest BCUT2D eigenvalue weighted by atomic mass is 9.87. The Morgan fingerprint density at radius 2 is 1.67 bits per heavy atom. The van der Waals surface area contributed by atoms with Gasteiger partial charge in [0.05, 0.1) is 6.04 Å². The van der Waals surface area contributed by atoms with Crippen molar-refractivity contribution in [2.45, 2.75) is 39.8 Å². The molecule has 0 amide bonds. The lowest BCUT2D eigenvalue weighted by molar-refractivity contribution is -0.139. The van der Waals surface area contributed by atoms with Crippen molar-refractivity contribution in [1.82, 2.24) is 5.32 Å². The maximum absolute atomic E-state index is 11.1. The molecule has 2 unspecified atom stereocenters. The normalized spacial score (nSPS) is 14.3. The SMILES string of the molecule is CNC(c1c(C)c(C)cc(C)c1C)C(N)C(=O)O. The third kappa shape index (κ3) is 2.54. The van der Waals surface area contributed by atoms with E-state index < -0.39 is 12.0 Å². The van der Waals surface area contributed by atoms with Crippen molar-refractivity contribution in [3.05, 3.63) is 33.9 Å². The van der Waals surface area contributed by atoms with Crippen LogP contribution in [-0.4, -0.2) is 24.2 Å². The molecule has 4 N–H and O–H groups in total. The molecule has 0 heterocycles. The molecule has 0 saturated carbocycles. The molecule has 1 aromatic rings. The van der Waals surface area contributed by atoms with Crippen molar-refractivity contribution >= 4 is 5.97 Å². The van der Waals surface area contributed by atoms with E-state index in [9.17, 15) is 4.79 Å². The van der Waals surface area contributed by atoms with E-state index >= 15 is 0 Å². The van der Waals surface area contributed by atoms with Crippen molar-refractivity contribution in [2.24, 2.45) is 5.73 Å². The van der Waals surface area contributed by atoms with E-state index in [0.717, 1.165) is 27.8 Å². The number of likely N-dealkylation sites (N-methyl/N-ethyl adjacent to an activating group) is 1. The Bertz CT molecular complexity index is 443. The molecule has 0 aromatic heterocycles. The lowest BCUT2D eigenvalue weighted by Gasteiger charge is -2.26. The number of nitrogens with one attached hydrogen (secondary N) is 1. The molecule has 100 valence electrons. The van der Waals surface area contributed by atoms with Crippen LogP contribution in [0.2, 0.25) is 0 Å². The molecular formula is C14H22N2O2. The second-order valence-electron chi connectivity index (χ2n) is 4.80. The van der Waals surface area contributed by atoms with Gasteiger partial charge < -0.3 is 16.2 Å². The first-order valence-electron chi connectivity index (χ1n) is 6.04. The third-order valence-corrected chi connectivity index (χ3v) is 3.69. The fourth-order valence-electron chi connectivity index (χ4n) is 2.36. The summed E-state index contributed by atoms with van der Waals surface area (Å²) in [5.74, 6) is -0.993. The molecule has 4 heteroatoms. The molecule has 0 saturated heterocycles. The van der Waals surface area contributed by atoms with Crippen LogP contribution in [0, 0.1) is 27.7 Å². The van der Waals surface area contributed by atoms with Crippen LogP contribution >= 0.6 is 0 Å². The van der Waals surface area contributed by atoms with Crippen LogP contribution in [0.4, 0.5) is 0 Å². The van der Waals surface area contributed by atoms with Crippen LogP contribution < -0.4 is 11.1 Å². The van der Waals surface area contributed by atoms with Gasteiger partial charge in [0.2, 0.25) is 0 Å². The van der Waals surface area contributed by atoms with E-state index in [4.69, 9.17) is 10.8 Å². The number of aliphatic carboxylic acids is 1. The van der Waals surface area contributed by atoms with E-state index in [1.807, 2.05) is 27.7 Å². The quantitative estimate of drug-likeness (QED) is 0.758. The van der Waals surface area contributed by atoms with Crippen LogP contribution in [-0.2, 0) is 4.79 Å². The maximum atomic E-state index is 11.1. The molecule has 0 spiro atoms. The minimum Gasteiger partial charge on any atom is -0.480 e. The highest BCUT2D eigenvalue weighted by Crippen LogP contribution is 2.28. The van der Waals surface area contributed by atoms with E-state index in [2.05, 4.69) is 11.4 Å². The molecule has 0 aliphatic carbocycles. The molecule has 0 radical (unpaired) electrons. The fraction of sp³-hybridized carbons (Fsp3) is 0.500. The highest BCUT2D eigenvalue weighted by molar-refractivity contribution is 5.75. The first kappa shape index (κ1) is 14.7. The van der Waals surface area contributed by atoms with Gasteiger partial charge in [-0.15, -0.1) is 0 Å². The monoisotopic (exact) mass is 250 g/mol. The summed E-state index contributed by atoms with van der Waals surface area (Å²) in [6.07, 6.45) is 0. The van der Waals surface area contributed by atoms with Gasteiger partial charge in [-0.25, -0.2) is 0 Å². The Labute approximate surface area is 108 Å². The zero-order chi connectivity index (χ0) is 14.0. The molecule has 0 aliphatic heterocycles. The van der Waals surface area contributed by atoms with Crippen LogP contribution in [0.15, 0.2) is 6.07 Å². The minimum atomic E-state index is -0.993. The molecule has 1 rings (SSSR count). The molecule has 1 aromatic carbocycles. The second-order valence-corrected chi connectivity index (χ2v) is 4.80. The summed E-state index contributed by atoms with van der Waals surface area (Å²) in [6, 6.07) is 0.794. The molecule has 0 bridgehead atoms. The first-order chi connectivity index (χ1) is 8.31. The number of hydrogen-bond acceptors (Lipinski definition) is 3. The highest BCUT2D eigenvalue weighted by atomic mass is 16.4.